The van der Waals surface area contributed by atoms with Gasteiger partial charge in [0.05, 0.1) is 11.3 Å². The van der Waals surface area contributed by atoms with E-state index in [2.05, 4.69) is 10.3 Å². The van der Waals surface area contributed by atoms with E-state index in [0.29, 0.717) is 22.5 Å². The number of nitrogens with one attached hydrogen (secondary N) is 2. The van der Waals surface area contributed by atoms with Crippen molar-refractivity contribution in [3.8, 4) is 0 Å². The minimum atomic E-state index is -0.196. The number of ketones is 1. The maximum Gasteiger partial charge on any atom is 0.257 e. The maximum absolute atomic E-state index is 12.4. The molecule has 1 heterocycles. The third-order valence-electron chi connectivity index (χ3n) is 3.41. The molecule has 0 aliphatic carbocycles. The number of anilines is 1. The number of aromatic amines is 1. The number of hydrogen-bond acceptors (Lipinski definition) is 2. The molecule has 4 heteroatoms. The second-order valence-corrected chi connectivity index (χ2v) is 4.95. The number of aromatic nitrogens is 1. The van der Waals surface area contributed by atoms with Gasteiger partial charge in [0.15, 0.2) is 5.78 Å². The molecule has 1 aromatic heterocycles. The lowest BCUT2D eigenvalue weighted by Gasteiger charge is -2.08. The minimum absolute atomic E-state index is 0.0689. The fourth-order valence-electron chi connectivity index (χ4n) is 2.34. The molecule has 0 fully saturated rings. The Morgan fingerprint density at radius 2 is 1.75 bits per heavy atom. The third-order valence-corrected chi connectivity index (χ3v) is 3.41. The Morgan fingerprint density at radius 3 is 2.30 bits per heavy atom. The van der Waals surface area contributed by atoms with Crippen LogP contribution in [-0.4, -0.2) is 16.7 Å². The molecule has 2 rings (SSSR count). The number of benzene rings is 1. The highest BCUT2D eigenvalue weighted by Crippen LogP contribution is 2.21. The molecule has 2 N–H and O–H groups in total. The Balaban J connectivity index is 2.35. The summed E-state index contributed by atoms with van der Waals surface area (Å²) in [5.74, 6) is -0.265. The summed E-state index contributed by atoms with van der Waals surface area (Å²) >= 11 is 0. The van der Waals surface area contributed by atoms with Gasteiger partial charge in [-0.1, -0.05) is 18.2 Å². The average Bonchev–Trinajstić information content (AvgIpc) is 2.68. The van der Waals surface area contributed by atoms with Crippen molar-refractivity contribution in [2.24, 2.45) is 0 Å². The number of para-hydroxylation sites is 1. The van der Waals surface area contributed by atoms with Gasteiger partial charge in [0.2, 0.25) is 0 Å². The molecule has 2 aromatic rings. The van der Waals surface area contributed by atoms with Crippen molar-refractivity contribution in [2.45, 2.75) is 27.7 Å². The number of H-pyrrole nitrogens is 1. The SMILES string of the molecule is CC(=O)c1[nH]c(C)c(C(=O)Nc2ccccc2C)c1C. The summed E-state index contributed by atoms with van der Waals surface area (Å²) in [5, 5.41) is 2.89. The molecule has 0 saturated heterocycles. The first kappa shape index (κ1) is 14.1. The lowest BCUT2D eigenvalue weighted by molar-refractivity contribution is 0.101. The van der Waals surface area contributed by atoms with E-state index >= 15 is 0 Å². The van der Waals surface area contributed by atoms with Gasteiger partial charge in [-0.05, 0) is 38.0 Å². The molecule has 20 heavy (non-hydrogen) atoms. The Labute approximate surface area is 118 Å². The van der Waals surface area contributed by atoms with E-state index in [1.165, 1.54) is 6.92 Å². The zero-order valence-electron chi connectivity index (χ0n) is 12.1. The second-order valence-electron chi connectivity index (χ2n) is 4.95. The largest absolute Gasteiger partial charge is 0.355 e. The Kier molecular flexibility index (Phi) is 3.74. The zero-order valence-corrected chi connectivity index (χ0v) is 12.1. The van der Waals surface area contributed by atoms with E-state index in [0.717, 1.165) is 11.3 Å². The predicted molar refractivity (Wildman–Crippen MR) is 79.4 cm³/mol. The van der Waals surface area contributed by atoms with Crippen LogP contribution >= 0.6 is 0 Å². The first-order valence-corrected chi connectivity index (χ1v) is 6.49. The molecule has 0 atom stereocenters. The van der Waals surface area contributed by atoms with Crippen LogP contribution in [0.1, 0.15) is 44.6 Å². The number of Topliss-reactive ketones (excluding diaryl/α,β-unsaturated/α-hetero) is 1. The predicted octanol–water partition coefficient (Wildman–Crippen LogP) is 3.39. The van der Waals surface area contributed by atoms with Crippen LogP contribution in [0.3, 0.4) is 0 Å². The highest BCUT2D eigenvalue weighted by Gasteiger charge is 2.20. The smallest absolute Gasteiger partial charge is 0.257 e. The fraction of sp³-hybridized carbons (Fsp3) is 0.250. The van der Waals surface area contributed by atoms with Gasteiger partial charge < -0.3 is 10.3 Å². The third kappa shape index (κ3) is 2.50. The van der Waals surface area contributed by atoms with Crippen molar-refractivity contribution in [1.29, 1.82) is 0 Å². The van der Waals surface area contributed by atoms with E-state index in [9.17, 15) is 9.59 Å². The highest BCUT2D eigenvalue weighted by molar-refractivity contribution is 6.09. The molecule has 1 amide bonds. The maximum atomic E-state index is 12.4. The molecule has 0 unspecified atom stereocenters. The fourth-order valence-corrected chi connectivity index (χ4v) is 2.34. The van der Waals surface area contributed by atoms with Gasteiger partial charge in [-0.2, -0.15) is 0 Å². The molecule has 0 radical (unpaired) electrons. The summed E-state index contributed by atoms with van der Waals surface area (Å²) in [7, 11) is 0. The number of rotatable bonds is 3. The molecular weight excluding hydrogens is 252 g/mol. The second kappa shape index (κ2) is 5.33. The quantitative estimate of drug-likeness (QED) is 0.840. The normalized spacial score (nSPS) is 10.4. The molecule has 1 aromatic carbocycles. The van der Waals surface area contributed by atoms with E-state index in [-0.39, 0.29) is 11.7 Å². The standard InChI is InChI=1S/C16H18N2O2/c1-9-7-5-6-8-13(9)18-16(20)14-10(2)15(12(4)19)17-11(14)3/h5-8,17H,1-4H3,(H,18,20). The summed E-state index contributed by atoms with van der Waals surface area (Å²) < 4.78 is 0. The van der Waals surface area contributed by atoms with Crippen LogP contribution in [0.4, 0.5) is 5.69 Å². The van der Waals surface area contributed by atoms with Crippen LogP contribution in [0.2, 0.25) is 0 Å². The molecule has 0 aliphatic heterocycles. The van der Waals surface area contributed by atoms with Crippen LogP contribution in [0, 0.1) is 20.8 Å². The summed E-state index contributed by atoms with van der Waals surface area (Å²) in [4.78, 5) is 26.9. The van der Waals surface area contributed by atoms with E-state index in [1.54, 1.807) is 13.8 Å². The van der Waals surface area contributed by atoms with Crippen LogP contribution in [0.15, 0.2) is 24.3 Å². The van der Waals surface area contributed by atoms with Crippen LogP contribution in [-0.2, 0) is 0 Å². The summed E-state index contributed by atoms with van der Waals surface area (Å²) in [6.07, 6.45) is 0. The topological polar surface area (TPSA) is 62.0 Å². The average molecular weight is 270 g/mol. The van der Waals surface area contributed by atoms with Crippen molar-refractivity contribution < 1.29 is 9.59 Å². The zero-order chi connectivity index (χ0) is 14.9. The summed E-state index contributed by atoms with van der Waals surface area (Å²) in [6, 6.07) is 7.59. The lowest BCUT2D eigenvalue weighted by atomic mass is 10.1. The number of hydrogen-bond donors (Lipinski definition) is 2. The van der Waals surface area contributed by atoms with Crippen LogP contribution in [0.25, 0.3) is 0 Å². The Morgan fingerprint density at radius 1 is 1.10 bits per heavy atom. The lowest BCUT2D eigenvalue weighted by Crippen LogP contribution is -2.14. The van der Waals surface area contributed by atoms with Crippen molar-refractivity contribution in [3.05, 3.63) is 52.3 Å². The van der Waals surface area contributed by atoms with Gasteiger partial charge >= 0.3 is 0 Å². The highest BCUT2D eigenvalue weighted by atomic mass is 16.1. The van der Waals surface area contributed by atoms with Gasteiger partial charge in [-0.25, -0.2) is 0 Å². The Bertz CT molecular complexity index is 684. The van der Waals surface area contributed by atoms with Gasteiger partial charge in [0, 0.05) is 18.3 Å². The van der Waals surface area contributed by atoms with Gasteiger partial charge in [0.1, 0.15) is 0 Å². The summed E-state index contributed by atoms with van der Waals surface area (Å²) in [5.41, 5.74) is 4.22. The number of aryl methyl sites for hydroxylation is 2. The monoisotopic (exact) mass is 270 g/mol. The molecule has 0 spiro atoms. The molecule has 4 nitrogen and oxygen atoms in total. The van der Waals surface area contributed by atoms with Gasteiger partial charge in [0.25, 0.3) is 5.91 Å². The molecular formula is C16H18N2O2. The van der Waals surface area contributed by atoms with E-state index in [4.69, 9.17) is 0 Å². The molecule has 104 valence electrons. The molecule has 0 saturated carbocycles. The first-order chi connectivity index (χ1) is 9.41. The number of carbonyl (C=O) groups excluding carboxylic acids is 2. The van der Waals surface area contributed by atoms with Crippen molar-refractivity contribution >= 4 is 17.4 Å². The van der Waals surface area contributed by atoms with E-state index < -0.39 is 0 Å². The molecule has 0 aliphatic rings. The van der Waals surface area contributed by atoms with Crippen LogP contribution < -0.4 is 5.32 Å². The van der Waals surface area contributed by atoms with Crippen LogP contribution in [0.5, 0.6) is 0 Å². The number of amides is 1. The summed E-state index contributed by atoms with van der Waals surface area (Å²) in [6.45, 7) is 7.01. The van der Waals surface area contributed by atoms with Crippen molar-refractivity contribution in [1.82, 2.24) is 4.98 Å². The number of carbonyl (C=O) groups is 2. The van der Waals surface area contributed by atoms with Crippen molar-refractivity contribution in [3.63, 3.8) is 0 Å². The van der Waals surface area contributed by atoms with Gasteiger partial charge in [-0.3, -0.25) is 9.59 Å². The Hall–Kier alpha value is -2.36. The van der Waals surface area contributed by atoms with Crippen molar-refractivity contribution in [2.75, 3.05) is 5.32 Å². The van der Waals surface area contributed by atoms with E-state index in [1.807, 2.05) is 31.2 Å². The van der Waals surface area contributed by atoms with Gasteiger partial charge in [-0.15, -0.1) is 0 Å². The first-order valence-electron chi connectivity index (χ1n) is 6.49. The minimum Gasteiger partial charge on any atom is -0.355 e. The molecule has 0 bridgehead atoms.